The third-order valence-corrected chi connectivity index (χ3v) is 11.7. The first-order valence-corrected chi connectivity index (χ1v) is 13.9. The smallest absolute Gasteiger partial charge is 0.333 e. The predicted molar refractivity (Wildman–Crippen MR) is 113 cm³/mol. The van der Waals surface area contributed by atoms with E-state index < -0.39 is 14.3 Å². The number of allylic oxidation sites excluding steroid dienone is 1. The Labute approximate surface area is 176 Å². The first-order valence-electron chi connectivity index (χ1n) is 11.0. The van der Waals surface area contributed by atoms with Gasteiger partial charge in [-0.25, -0.2) is 4.79 Å². The second kappa shape index (κ2) is 9.18. The van der Waals surface area contributed by atoms with Gasteiger partial charge in [-0.1, -0.05) is 26.8 Å². The highest BCUT2D eigenvalue weighted by Crippen LogP contribution is 2.44. The molecular weight excluding hydrogens is 388 g/mol. The second-order valence-electron chi connectivity index (χ2n) is 10.2. The van der Waals surface area contributed by atoms with Crippen molar-refractivity contribution in [2.75, 3.05) is 19.8 Å². The molecule has 1 saturated carbocycles. The average molecular weight is 427 g/mol. The van der Waals surface area contributed by atoms with E-state index in [9.17, 15) is 9.90 Å². The number of hydrogen-bond donors (Lipinski definition) is 1. The minimum Gasteiger partial charge on any atom is -0.478 e. The average Bonchev–Trinajstić information content (AvgIpc) is 2.81. The normalized spacial score (nSPS) is 33.7. The van der Waals surface area contributed by atoms with E-state index in [4.69, 9.17) is 18.6 Å². The maximum Gasteiger partial charge on any atom is 0.333 e. The van der Waals surface area contributed by atoms with Gasteiger partial charge >= 0.3 is 5.97 Å². The molecule has 0 radical (unpaired) electrons. The van der Waals surface area contributed by atoms with E-state index in [1.165, 1.54) is 0 Å². The van der Waals surface area contributed by atoms with Gasteiger partial charge in [0.25, 0.3) is 0 Å². The predicted octanol–water partition coefficient (Wildman–Crippen LogP) is 4.36. The lowest BCUT2D eigenvalue weighted by atomic mass is 9.91. The van der Waals surface area contributed by atoms with Crippen molar-refractivity contribution in [3.63, 3.8) is 0 Å². The Balaban J connectivity index is 1.74. The highest BCUT2D eigenvalue weighted by molar-refractivity contribution is 6.74. The van der Waals surface area contributed by atoms with Crippen LogP contribution in [0.5, 0.6) is 0 Å². The third kappa shape index (κ3) is 5.50. The standard InChI is InChI=1S/C22H38O6Si/c1-22(2,3)29(4,5)27-14-17-16-10-9-15(21(23)24)13-26-18(16)12-19(17)28-20-8-6-7-11-25-20/h9,16-20H,6-8,10-14H2,1-5H3,(H,23,24)/t16-,17-,18+,19-,20?/m1/s1. The molecule has 2 heterocycles. The van der Waals surface area contributed by atoms with E-state index in [0.29, 0.717) is 18.6 Å². The van der Waals surface area contributed by atoms with Crippen LogP contribution in [-0.4, -0.2) is 57.7 Å². The Morgan fingerprint density at radius 3 is 2.66 bits per heavy atom. The quantitative estimate of drug-likeness (QED) is 0.636. The Morgan fingerprint density at radius 2 is 2.03 bits per heavy atom. The van der Waals surface area contributed by atoms with E-state index in [1.54, 1.807) is 0 Å². The zero-order valence-electron chi connectivity index (χ0n) is 18.6. The highest BCUT2D eigenvalue weighted by Gasteiger charge is 2.48. The summed E-state index contributed by atoms with van der Waals surface area (Å²) < 4.78 is 24.9. The lowest BCUT2D eigenvalue weighted by Gasteiger charge is -2.38. The van der Waals surface area contributed by atoms with Crippen LogP contribution in [0.15, 0.2) is 11.6 Å². The molecule has 0 amide bonds. The van der Waals surface area contributed by atoms with Gasteiger partial charge in [-0.3, -0.25) is 0 Å². The molecule has 2 aliphatic heterocycles. The van der Waals surface area contributed by atoms with Crippen LogP contribution in [0.25, 0.3) is 0 Å². The highest BCUT2D eigenvalue weighted by atomic mass is 28.4. The zero-order valence-corrected chi connectivity index (χ0v) is 19.6. The van der Waals surface area contributed by atoms with Gasteiger partial charge in [0.2, 0.25) is 0 Å². The molecule has 3 aliphatic rings. The minimum absolute atomic E-state index is 0.00436. The molecule has 6 nitrogen and oxygen atoms in total. The number of carboxylic acid groups (broad SMARTS) is 1. The zero-order chi connectivity index (χ0) is 21.2. The van der Waals surface area contributed by atoms with E-state index in [1.807, 2.05) is 6.08 Å². The van der Waals surface area contributed by atoms with Crippen molar-refractivity contribution >= 4 is 14.3 Å². The molecule has 1 aliphatic carbocycles. The fourth-order valence-corrected chi connectivity index (χ4v) is 5.30. The van der Waals surface area contributed by atoms with Crippen LogP contribution in [0.1, 0.15) is 52.9 Å². The lowest BCUT2D eigenvalue weighted by molar-refractivity contribution is -0.198. The number of rotatable bonds is 6. The molecule has 1 N–H and O–H groups in total. The fraction of sp³-hybridized carbons (Fsp3) is 0.864. The Bertz CT molecular complexity index is 605. The van der Waals surface area contributed by atoms with Gasteiger partial charge in [-0.2, -0.15) is 0 Å². The molecule has 7 heteroatoms. The van der Waals surface area contributed by atoms with Crippen molar-refractivity contribution < 1.29 is 28.5 Å². The number of ether oxygens (including phenoxy) is 3. The molecule has 3 rings (SSSR count). The lowest BCUT2D eigenvalue weighted by Crippen LogP contribution is -2.44. The van der Waals surface area contributed by atoms with Gasteiger partial charge in [0.15, 0.2) is 14.6 Å². The first kappa shape index (κ1) is 22.9. The van der Waals surface area contributed by atoms with Crippen LogP contribution >= 0.6 is 0 Å². The summed E-state index contributed by atoms with van der Waals surface area (Å²) in [6, 6.07) is 0. The molecule has 0 aromatic carbocycles. The molecule has 166 valence electrons. The SMILES string of the molecule is CC(C)(C)[Si](C)(C)OC[C@@H]1[C@H]2CC=C(C(=O)O)CO[C@H]2C[C@H]1OC1CCCCO1. The summed E-state index contributed by atoms with van der Waals surface area (Å²) in [4.78, 5) is 11.4. The summed E-state index contributed by atoms with van der Waals surface area (Å²) in [6.45, 7) is 12.8. The van der Waals surface area contributed by atoms with Crippen LogP contribution in [0.2, 0.25) is 18.1 Å². The summed E-state index contributed by atoms with van der Waals surface area (Å²) in [5.41, 5.74) is 0.358. The molecule has 2 fully saturated rings. The maximum absolute atomic E-state index is 11.4. The molecule has 0 aromatic heterocycles. The van der Waals surface area contributed by atoms with Crippen molar-refractivity contribution in [3.05, 3.63) is 11.6 Å². The first-order chi connectivity index (χ1) is 13.6. The van der Waals surface area contributed by atoms with Crippen LogP contribution in [0, 0.1) is 11.8 Å². The summed E-state index contributed by atoms with van der Waals surface area (Å²) in [5, 5.41) is 9.49. The van der Waals surface area contributed by atoms with E-state index in [0.717, 1.165) is 32.3 Å². The Morgan fingerprint density at radius 1 is 1.28 bits per heavy atom. The number of aliphatic carboxylic acids is 1. The molecule has 29 heavy (non-hydrogen) atoms. The van der Waals surface area contributed by atoms with Crippen LogP contribution in [0.4, 0.5) is 0 Å². The van der Waals surface area contributed by atoms with Gasteiger partial charge in [0.1, 0.15) is 0 Å². The maximum atomic E-state index is 11.4. The number of hydrogen-bond acceptors (Lipinski definition) is 5. The van der Waals surface area contributed by atoms with Crippen molar-refractivity contribution in [2.45, 2.75) is 89.5 Å². The van der Waals surface area contributed by atoms with Crippen LogP contribution in [-0.2, 0) is 23.4 Å². The van der Waals surface area contributed by atoms with Gasteiger partial charge in [0.05, 0.1) is 24.4 Å². The molecule has 5 atom stereocenters. The molecule has 0 spiro atoms. The summed E-state index contributed by atoms with van der Waals surface area (Å²) in [7, 11) is -1.89. The molecule has 0 aromatic rings. The van der Waals surface area contributed by atoms with Gasteiger partial charge in [-0.05, 0) is 49.7 Å². The number of fused-ring (bicyclic) bond motifs is 1. The van der Waals surface area contributed by atoms with E-state index >= 15 is 0 Å². The van der Waals surface area contributed by atoms with E-state index in [-0.39, 0.29) is 42.0 Å². The monoisotopic (exact) mass is 426 g/mol. The third-order valence-electron chi connectivity index (χ3n) is 7.24. The Kier molecular flexibility index (Phi) is 7.26. The van der Waals surface area contributed by atoms with Crippen LogP contribution in [0.3, 0.4) is 0 Å². The molecule has 0 bridgehead atoms. The van der Waals surface area contributed by atoms with Crippen LogP contribution < -0.4 is 0 Å². The van der Waals surface area contributed by atoms with Crippen molar-refractivity contribution in [1.82, 2.24) is 0 Å². The second-order valence-corrected chi connectivity index (χ2v) is 15.0. The van der Waals surface area contributed by atoms with Gasteiger partial charge < -0.3 is 23.7 Å². The van der Waals surface area contributed by atoms with Gasteiger partial charge in [0, 0.05) is 25.6 Å². The summed E-state index contributed by atoms with van der Waals surface area (Å²) in [6.07, 6.45) is 6.37. The van der Waals surface area contributed by atoms with Crippen molar-refractivity contribution in [2.24, 2.45) is 11.8 Å². The van der Waals surface area contributed by atoms with Crippen molar-refractivity contribution in [1.29, 1.82) is 0 Å². The van der Waals surface area contributed by atoms with E-state index in [2.05, 4.69) is 33.9 Å². The van der Waals surface area contributed by atoms with Gasteiger partial charge in [-0.15, -0.1) is 0 Å². The summed E-state index contributed by atoms with van der Waals surface area (Å²) in [5.74, 6) is -0.489. The summed E-state index contributed by atoms with van der Waals surface area (Å²) >= 11 is 0. The van der Waals surface area contributed by atoms with Crippen molar-refractivity contribution in [3.8, 4) is 0 Å². The number of carboxylic acids is 1. The number of carbonyl (C=O) groups is 1. The molecule has 1 saturated heterocycles. The minimum atomic E-state index is -1.89. The topological polar surface area (TPSA) is 74.2 Å². The largest absolute Gasteiger partial charge is 0.478 e. The fourth-order valence-electron chi connectivity index (χ4n) is 4.25. The molecule has 1 unspecified atom stereocenters. The Hall–Kier alpha value is -0.733. The molecular formula is C22H38O6Si.